The molecule has 0 heterocycles. The Kier molecular flexibility index (Phi) is 6.39. The molecular weight excluding hydrogens is 262 g/mol. The van der Waals surface area contributed by atoms with Crippen molar-refractivity contribution in [2.75, 3.05) is 11.9 Å². The number of carbonyl (C=O) groups excluding carboxylic acids is 1. The van der Waals surface area contributed by atoms with E-state index in [1.165, 1.54) is 0 Å². The minimum Gasteiger partial charge on any atom is -0.326 e. The summed E-state index contributed by atoms with van der Waals surface area (Å²) < 4.78 is 0. The molecule has 21 heavy (non-hydrogen) atoms. The lowest BCUT2D eigenvalue weighted by atomic mass is 9.86. The Morgan fingerprint density at radius 1 is 1.29 bits per heavy atom. The molecule has 114 valence electrons. The largest absolute Gasteiger partial charge is 0.326 e. The maximum atomic E-state index is 11.8. The quantitative estimate of drug-likeness (QED) is 0.757. The van der Waals surface area contributed by atoms with Crippen molar-refractivity contribution in [3.63, 3.8) is 0 Å². The summed E-state index contributed by atoms with van der Waals surface area (Å²) in [4.78, 5) is 11.8. The van der Waals surface area contributed by atoms with Crippen LogP contribution in [0.15, 0.2) is 24.3 Å². The van der Waals surface area contributed by atoms with Crippen LogP contribution in [0.2, 0.25) is 0 Å². The van der Waals surface area contributed by atoms with Crippen molar-refractivity contribution >= 4 is 11.6 Å². The third kappa shape index (κ3) is 5.97. The van der Waals surface area contributed by atoms with Gasteiger partial charge in [-0.3, -0.25) is 4.79 Å². The number of nitriles is 1. The Labute approximate surface area is 127 Å². The Bertz CT molecular complexity index is 498. The molecule has 4 nitrogen and oxygen atoms in total. The van der Waals surface area contributed by atoms with Crippen LogP contribution in [0.25, 0.3) is 0 Å². The molecule has 0 aliphatic rings. The summed E-state index contributed by atoms with van der Waals surface area (Å²) >= 11 is 0. The summed E-state index contributed by atoms with van der Waals surface area (Å²) in [5.41, 5.74) is 1.21. The first kappa shape index (κ1) is 17.2. The minimum absolute atomic E-state index is 0.0212. The molecule has 0 saturated carbocycles. The predicted octanol–water partition coefficient (Wildman–Crippen LogP) is 3.20. The topological polar surface area (TPSA) is 64.9 Å². The Morgan fingerprint density at radius 3 is 2.43 bits per heavy atom. The summed E-state index contributed by atoms with van der Waals surface area (Å²) in [6.07, 6.45) is 1.33. The molecule has 0 fully saturated rings. The van der Waals surface area contributed by atoms with E-state index in [4.69, 9.17) is 5.26 Å². The van der Waals surface area contributed by atoms with Gasteiger partial charge in [-0.05, 0) is 44.5 Å². The summed E-state index contributed by atoms with van der Waals surface area (Å²) in [5, 5.41) is 15.3. The molecule has 0 aromatic heterocycles. The van der Waals surface area contributed by atoms with Gasteiger partial charge in [-0.15, -0.1) is 0 Å². The van der Waals surface area contributed by atoms with Gasteiger partial charge in [0.15, 0.2) is 0 Å². The highest BCUT2D eigenvalue weighted by Gasteiger charge is 2.19. The van der Waals surface area contributed by atoms with Crippen molar-refractivity contribution < 1.29 is 4.79 Å². The fourth-order valence-corrected chi connectivity index (χ4v) is 1.90. The van der Waals surface area contributed by atoms with E-state index in [0.29, 0.717) is 12.5 Å². The van der Waals surface area contributed by atoms with Crippen LogP contribution in [-0.2, 0) is 10.2 Å². The highest BCUT2D eigenvalue weighted by molar-refractivity contribution is 5.90. The van der Waals surface area contributed by atoms with Crippen LogP contribution < -0.4 is 10.6 Å². The van der Waals surface area contributed by atoms with E-state index in [0.717, 1.165) is 24.2 Å². The standard InChI is InChI=1S/C17H25N3O/c1-13(2)19-11-5-6-16(21)20-15-9-7-14(8-10-15)17(3,4)12-18/h7-10,13,19H,5-6,11H2,1-4H3,(H,20,21). The molecule has 0 spiro atoms. The molecule has 1 rings (SSSR count). The van der Waals surface area contributed by atoms with E-state index in [-0.39, 0.29) is 5.91 Å². The number of anilines is 1. The third-order valence-electron chi connectivity index (χ3n) is 3.30. The molecule has 2 N–H and O–H groups in total. The first-order valence-corrected chi connectivity index (χ1v) is 7.40. The maximum Gasteiger partial charge on any atom is 0.224 e. The molecule has 0 atom stereocenters. The predicted molar refractivity (Wildman–Crippen MR) is 86.1 cm³/mol. The molecule has 0 saturated heterocycles. The highest BCUT2D eigenvalue weighted by Crippen LogP contribution is 2.23. The number of nitrogens with zero attached hydrogens (tertiary/aromatic N) is 1. The van der Waals surface area contributed by atoms with E-state index >= 15 is 0 Å². The number of amides is 1. The van der Waals surface area contributed by atoms with Gasteiger partial charge in [0.05, 0.1) is 11.5 Å². The number of rotatable bonds is 7. The van der Waals surface area contributed by atoms with E-state index in [2.05, 4.69) is 30.6 Å². The SMILES string of the molecule is CC(C)NCCCC(=O)Nc1ccc(C(C)(C)C#N)cc1. The van der Waals surface area contributed by atoms with Crippen molar-refractivity contribution in [1.82, 2.24) is 5.32 Å². The fourth-order valence-electron chi connectivity index (χ4n) is 1.90. The number of carbonyl (C=O) groups is 1. The van der Waals surface area contributed by atoms with Crippen LogP contribution in [0.5, 0.6) is 0 Å². The third-order valence-corrected chi connectivity index (χ3v) is 3.30. The molecule has 0 unspecified atom stereocenters. The lowest BCUT2D eigenvalue weighted by molar-refractivity contribution is -0.116. The molecular formula is C17H25N3O. The number of benzene rings is 1. The first-order chi connectivity index (χ1) is 9.85. The second-order valence-corrected chi connectivity index (χ2v) is 6.07. The van der Waals surface area contributed by atoms with Gasteiger partial charge in [0.25, 0.3) is 0 Å². The molecule has 0 aliphatic carbocycles. The Balaban J connectivity index is 2.45. The van der Waals surface area contributed by atoms with Crippen LogP contribution in [0, 0.1) is 11.3 Å². The lowest BCUT2D eigenvalue weighted by Gasteiger charge is -2.16. The van der Waals surface area contributed by atoms with Gasteiger partial charge < -0.3 is 10.6 Å². The second-order valence-electron chi connectivity index (χ2n) is 6.07. The van der Waals surface area contributed by atoms with E-state index in [1.54, 1.807) is 0 Å². The van der Waals surface area contributed by atoms with Gasteiger partial charge >= 0.3 is 0 Å². The van der Waals surface area contributed by atoms with Crippen LogP contribution >= 0.6 is 0 Å². The molecule has 1 amide bonds. The Hall–Kier alpha value is -1.86. The van der Waals surface area contributed by atoms with Gasteiger partial charge in [-0.25, -0.2) is 0 Å². The lowest BCUT2D eigenvalue weighted by Crippen LogP contribution is -2.24. The minimum atomic E-state index is -0.509. The van der Waals surface area contributed by atoms with E-state index < -0.39 is 5.41 Å². The van der Waals surface area contributed by atoms with Crippen molar-refractivity contribution in [2.45, 2.75) is 52.0 Å². The molecule has 0 radical (unpaired) electrons. The van der Waals surface area contributed by atoms with Gasteiger partial charge in [0, 0.05) is 18.2 Å². The maximum absolute atomic E-state index is 11.8. The average molecular weight is 287 g/mol. The van der Waals surface area contributed by atoms with Crippen LogP contribution in [-0.4, -0.2) is 18.5 Å². The van der Waals surface area contributed by atoms with Gasteiger partial charge in [-0.2, -0.15) is 5.26 Å². The molecule has 0 bridgehead atoms. The monoisotopic (exact) mass is 287 g/mol. The van der Waals surface area contributed by atoms with E-state index in [9.17, 15) is 4.79 Å². The average Bonchev–Trinajstić information content (AvgIpc) is 2.44. The summed E-state index contributed by atoms with van der Waals surface area (Å²) in [5.74, 6) is 0.0212. The number of nitrogens with one attached hydrogen (secondary N) is 2. The number of hydrogen-bond acceptors (Lipinski definition) is 3. The normalized spacial score (nSPS) is 11.2. The van der Waals surface area contributed by atoms with Crippen molar-refractivity contribution in [1.29, 1.82) is 5.26 Å². The van der Waals surface area contributed by atoms with Crippen molar-refractivity contribution in [2.24, 2.45) is 0 Å². The van der Waals surface area contributed by atoms with Crippen molar-refractivity contribution in [3.8, 4) is 6.07 Å². The van der Waals surface area contributed by atoms with Crippen molar-refractivity contribution in [3.05, 3.63) is 29.8 Å². The summed E-state index contributed by atoms with van der Waals surface area (Å²) in [6.45, 7) is 8.78. The molecule has 1 aromatic rings. The first-order valence-electron chi connectivity index (χ1n) is 7.40. The van der Waals surface area contributed by atoms with Gasteiger partial charge in [-0.1, -0.05) is 26.0 Å². The smallest absolute Gasteiger partial charge is 0.224 e. The zero-order chi connectivity index (χ0) is 15.9. The second kappa shape index (κ2) is 7.80. The summed E-state index contributed by atoms with van der Waals surface area (Å²) in [6, 6.07) is 10.2. The van der Waals surface area contributed by atoms with E-state index in [1.807, 2.05) is 38.1 Å². The van der Waals surface area contributed by atoms with Crippen LogP contribution in [0.3, 0.4) is 0 Å². The van der Waals surface area contributed by atoms with Crippen LogP contribution in [0.1, 0.15) is 46.1 Å². The highest BCUT2D eigenvalue weighted by atomic mass is 16.1. The molecule has 1 aromatic carbocycles. The molecule has 0 aliphatic heterocycles. The van der Waals surface area contributed by atoms with Gasteiger partial charge in [0.1, 0.15) is 0 Å². The van der Waals surface area contributed by atoms with Crippen LogP contribution in [0.4, 0.5) is 5.69 Å². The number of hydrogen-bond donors (Lipinski definition) is 2. The van der Waals surface area contributed by atoms with Gasteiger partial charge in [0.2, 0.25) is 5.91 Å². The zero-order valence-electron chi connectivity index (χ0n) is 13.4. The fraction of sp³-hybridized carbons (Fsp3) is 0.529. The Morgan fingerprint density at radius 2 is 1.90 bits per heavy atom. The summed E-state index contributed by atoms with van der Waals surface area (Å²) in [7, 11) is 0. The molecule has 4 heteroatoms. The zero-order valence-corrected chi connectivity index (χ0v) is 13.4.